The van der Waals surface area contributed by atoms with Gasteiger partial charge in [0.15, 0.2) is 0 Å². The Labute approximate surface area is 99.4 Å². The smallest absolute Gasteiger partial charge is 0.0621 e. The average Bonchev–Trinajstić information content (AvgIpc) is 2.23. The Balaban J connectivity index is 2.37. The van der Waals surface area contributed by atoms with Crippen molar-refractivity contribution < 1.29 is 0 Å². The highest BCUT2D eigenvalue weighted by Crippen LogP contribution is 2.23. The Morgan fingerprint density at radius 3 is 2.93 bits per heavy atom. The molecule has 0 radical (unpaired) electrons. The van der Waals surface area contributed by atoms with Crippen LogP contribution in [0.1, 0.15) is 24.8 Å². The lowest BCUT2D eigenvalue weighted by Gasteiger charge is -2.08. The largest absolute Gasteiger partial charge is 0.384 e. The summed E-state index contributed by atoms with van der Waals surface area (Å²) in [7, 11) is 0. The van der Waals surface area contributed by atoms with E-state index in [4.69, 9.17) is 5.26 Å². The maximum Gasteiger partial charge on any atom is 0.0621 e. The number of anilines is 1. The van der Waals surface area contributed by atoms with Gasteiger partial charge in [0.05, 0.1) is 6.07 Å². The molecule has 0 unspecified atom stereocenters. The van der Waals surface area contributed by atoms with Crippen molar-refractivity contribution in [3.8, 4) is 6.07 Å². The maximum absolute atomic E-state index is 8.39. The van der Waals surface area contributed by atoms with Gasteiger partial charge in [0.2, 0.25) is 0 Å². The standard InChI is InChI=1S/C12H15BrN2/c1-10-5-6-11(13)12(9-10)15-8-4-2-3-7-14/h5-6,9,15H,2-4,8H2,1H3. The van der Waals surface area contributed by atoms with Crippen LogP contribution < -0.4 is 5.32 Å². The summed E-state index contributed by atoms with van der Waals surface area (Å²) >= 11 is 3.50. The Kier molecular flexibility index (Phi) is 5.20. The number of halogens is 1. The van der Waals surface area contributed by atoms with Crippen molar-refractivity contribution in [1.82, 2.24) is 0 Å². The van der Waals surface area contributed by atoms with E-state index in [-0.39, 0.29) is 0 Å². The van der Waals surface area contributed by atoms with Crippen LogP contribution in [-0.4, -0.2) is 6.54 Å². The first-order valence-electron chi connectivity index (χ1n) is 5.11. The second-order valence-corrected chi connectivity index (χ2v) is 4.38. The molecular formula is C12H15BrN2. The zero-order chi connectivity index (χ0) is 11.1. The van der Waals surface area contributed by atoms with E-state index in [0.717, 1.165) is 29.5 Å². The minimum atomic E-state index is 0.649. The zero-order valence-corrected chi connectivity index (χ0v) is 10.5. The normalized spacial score (nSPS) is 9.67. The molecule has 0 amide bonds. The first-order valence-corrected chi connectivity index (χ1v) is 5.90. The predicted molar refractivity (Wildman–Crippen MR) is 66.8 cm³/mol. The van der Waals surface area contributed by atoms with Gasteiger partial charge in [-0.25, -0.2) is 0 Å². The van der Waals surface area contributed by atoms with Gasteiger partial charge in [0.1, 0.15) is 0 Å². The van der Waals surface area contributed by atoms with Gasteiger partial charge in [-0.15, -0.1) is 0 Å². The molecule has 1 rings (SSSR count). The SMILES string of the molecule is Cc1ccc(Br)c(NCCCCC#N)c1. The lowest BCUT2D eigenvalue weighted by Crippen LogP contribution is -2.02. The van der Waals surface area contributed by atoms with Crippen molar-refractivity contribution in [2.24, 2.45) is 0 Å². The topological polar surface area (TPSA) is 35.8 Å². The number of aryl methyl sites for hydroxylation is 1. The quantitative estimate of drug-likeness (QED) is 0.822. The van der Waals surface area contributed by atoms with Crippen LogP contribution in [0.15, 0.2) is 22.7 Å². The summed E-state index contributed by atoms with van der Waals surface area (Å²) in [5, 5.41) is 11.7. The second-order valence-electron chi connectivity index (χ2n) is 3.53. The van der Waals surface area contributed by atoms with Crippen LogP contribution in [0.2, 0.25) is 0 Å². The van der Waals surface area contributed by atoms with Gasteiger partial charge < -0.3 is 5.32 Å². The lowest BCUT2D eigenvalue weighted by atomic mass is 10.2. The molecule has 2 nitrogen and oxygen atoms in total. The Morgan fingerprint density at radius 1 is 1.40 bits per heavy atom. The van der Waals surface area contributed by atoms with Crippen LogP contribution in [0.5, 0.6) is 0 Å². The highest BCUT2D eigenvalue weighted by Gasteiger charge is 1.98. The van der Waals surface area contributed by atoms with Gasteiger partial charge in [0, 0.05) is 23.1 Å². The van der Waals surface area contributed by atoms with E-state index in [1.54, 1.807) is 0 Å². The fourth-order valence-electron chi connectivity index (χ4n) is 1.33. The van der Waals surface area contributed by atoms with E-state index >= 15 is 0 Å². The Hall–Kier alpha value is -1.01. The van der Waals surface area contributed by atoms with E-state index in [0.29, 0.717) is 6.42 Å². The van der Waals surface area contributed by atoms with Crippen molar-refractivity contribution in [2.45, 2.75) is 26.2 Å². The molecule has 3 heteroatoms. The van der Waals surface area contributed by atoms with E-state index in [1.165, 1.54) is 5.56 Å². The second kappa shape index (κ2) is 6.47. The van der Waals surface area contributed by atoms with Crippen molar-refractivity contribution in [3.63, 3.8) is 0 Å². The number of hydrogen-bond donors (Lipinski definition) is 1. The highest BCUT2D eigenvalue weighted by atomic mass is 79.9. The molecule has 80 valence electrons. The Bertz CT molecular complexity index is 355. The van der Waals surface area contributed by atoms with Crippen LogP contribution in [0.4, 0.5) is 5.69 Å². The number of nitrogens with zero attached hydrogens (tertiary/aromatic N) is 1. The number of rotatable bonds is 5. The molecule has 0 saturated carbocycles. The summed E-state index contributed by atoms with van der Waals surface area (Å²) in [6.07, 6.45) is 2.65. The van der Waals surface area contributed by atoms with Crippen molar-refractivity contribution in [3.05, 3.63) is 28.2 Å². The van der Waals surface area contributed by atoms with Crippen LogP contribution in [0.3, 0.4) is 0 Å². The average molecular weight is 267 g/mol. The molecule has 1 aromatic carbocycles. The third kappa shape index (κ3) is 4.35. The molecule has 0 heterocycles. The molecule has 0 fully saturated rings. The minimum Gasteiger partial charge on any atom is -0.384 e. The maximum atomic E-state index is 8.39. The van der Waals surface area contributed by atoms with Crippen LogP contribution in [-0.2, 0) is 0 Å². The molecule has 15 heavy (non-hydrogen) atoms. The number of unbranched alkanes of at least 4 members (excludes halogenated alkanes) is 2. The molecule has 1 N–H and O–H groups in total. The van der Waals surface area contributed by atoms with Gasteiger partial charge in [-0.05, 0) is 53.4 Å². The first-order chi connectivity index (χ1) is 7.24. The van der Waals surface area contributed by atoms with Gasteiger partial charge in [0.25, 0.3) is 0 Å². The highest BCUT2D eigenvalue weighted by molar-refractivity contribution is 9.10. The lowest BCUT2D eigenvalue weighted by molar-refractivity contribution is 0.784. The summed E-state index contributed by atoms with van der Waals surface area (Å²) in [5.74, 6) is 0. The minimum absolute atomic E-state index is 0.649. The fraction of sp³-hybridized carbons (Fsp3) is 0.417. The monoisotopic (exact) mass is 266 g/mol. The Morgan fingerprint density at radius 2 is 2.20 bits per heavy atom. The molecular weight excluding hydrogens is 252 g/mol. The van der Waals surface area contributed by atoms with Gasteiger partial charge in [-0.3, -0.25) is 0 Å². The fourth-order valence-corrected chi connectivity index (χ4v) is 1.71. The van der Waals surface area contributed by atoms with Crippen LogP contribution in [0, 0.1) is 18.3 Å². The van der Waals surface area contributed by atoms with Crippen molar-refractivity contribution >= 4 is 21.6 Å². The molecule has 0 saturated heterocycles. The summed E-state index contributed by atoms with van der Waals surface area (Å²) in [6, 6.07) is 8.39. The molecule has 0 atom stereocenters. The van der Waals surface area contributed by atoms with E-state index in [9.17, 15) is 0 Å². The van der Waals surface area contributed by atoms with Gasteiger partial charge in [-0.2, -0.15) is 5.26 Å². The van der Waals surface area contributed by atoms with Crippen molar-refractivity contribution in [1.29, 1.82) is 5.26 Å². The number of nitrogens with one attached hydrogen (secondary N) is 1. The molecule has 0 spiro atoms. The third-order valence-electron chi connectivity index (χ3n) is 2.15. The predicted octanol–water partition coefficient (Wildman–Crippen LogP) is 3.86. The third-order valence-corrected chi connectivity index (χ3v) is 2.84. The van der Waals surface area contributed by atoms with E-state index in [1.807, 2.05) is 6.07 Å². The van der Waals surface area contributed by atoms with E-state index in [2.05, 4.69) is 46.4 Å². The van der Waals surface area contributed by atoms with Crippen LogP contribution >= 0.6 is 15.9 Å². The zero-order valence-electron chi connectivity index (χ0n) is 8.89. The van der Waals surface area contributed by atoms with Gasteiger partial charge in [-0.1, -0.05) is 6.07 Å². The number of benzene rings is 1. The molecule has 0 aliphatic carbocycles. The van der Waals surface area contributed by atoms with Gasteiger partial charge >= 0.3 is 0 Å². The first kappa shape index (κ1) is 12.1. The van der Waals surface area contributed by atoms with Crippen molar-refractivity contribution in [2.75, 3.05) is 11.9 Å². The molecule has 0 aliphatic heterocycles. The molecule has 0 aliphatic rings. The summed E-state index contributed by atoms with van der Waals surface area (Å²) < 4.78 is 1.09. The molecule has 1 aromatic rings. The molecule has 0 aromatic heterocycles. The summed E-state index contributed by atoms with van der Waals surface area (Å²) in [5.41, 5.74) is 2.38. The summed E-state index contributed by atoms with van der Waals surface area (Å²) in [6.45, 7) is 3.00. The number of hydrogen-bond acceptors (Lipinski definition) is 2. The summed E-state index contributed by atoms with van der Waals surface area (Å²) in [4.78, 5) is 0. The van der Waals surface area contributed by atoms with Crippen LogP contribution in [0.25, 0.3) is 0 Å². The number of nitriles is 1. The molecule has 0 bridgehead atoms. The van der Waals surface area contributed by atoms with E-state index < -0.39 is 0 Å².